The molecule has 0 saturated carbocycles. The van der Waals surface area contributed by atoms with E-state index in [1.54, 1.807) is 6.92 Å². The monoisotopic (exact) mass is 156 g/mol. The van der Waals surface area contributed by atoms with Crippen LogP contribution in [0.5, 0.6) is 0 Å². The predicted octanol–water partition coefficient (Wildman–Crippen LogP) is 3.04. The number of hydrogen-bond acceptors (Lipinski definition) is 1. The molecule has 0 aromatic heterocycles. The van der Waals surface area contributed by atoms with Crippen LogP contribution in [0.2, 0.25) is 0 Å². The Labute approximate surface area is 70.2 Å². The Hall–Kier alpha value is -0.330. The van der Waals surface area contributed by atoms with Crippen molar-refractivity contribution < 1.29 is 4.79 Å². The maximum atomic E-state index is 10.9. The molecule has 0 aromatic carbocycles. The zero-order valence-electron chi connectivity index (χ0n) is 8.40. The van der Waals surface area contributed by atoms with Crippen molar-refractivity contribution in [3.63, 3.8) is 0 Å². The molecule has 1 heteroatoms. The Morgan fingerprint density at radius 1 is 1.36 bits per heavy atom. The average molecular weight is 156 g/mol. The summed E-state index contributed by atoms with van der Waals surface area (Å²) in [6.07, 6.45) is 2.16. The molecule has 0 spiro atoms. The van der Waals surface area contributed by atoms with E-state index in [4.69, 9.17) is 0 Å². The largest absolute Gasteiger partial charge is 0.300 e. The molecule has 0 heterocycles. The minimum atomic E-state index is 0.245. The van der Waals surface area contributed by atoms with Gasteiger partial charge in [0.25, 0.3) is 0 Å². The van der Waals surface area contributed by atoms with Gasteiger partial charge in [0.15, 0.2) is 0 Å². The van der Waals surface area contributed by atoms with E-state index < -0.39 is 0 Å². The lowest BCUT2D eigenvalue weighted by Crippen LogP contribution is -2.12. The normalized spacial score (nSPS) is 14.6. The van der Waals surface area contributed by atoms with Gasteiger partial charge < -0.3 is 0 Å². The summed E-state index contributed by atoms with van der Waals surface area (Å²) in [7, 11) is 0. The van der Waals surface area contributed by atoms with Crippen LogP contribution in [0.25, 0.3) is 0 Å². The summed E-state index contributed by atoms with van der Waals surface area (Å²) >= 11 is 0. The van der Waals surface area contributed by atoms with Crippen LogP contribution < -0.4 is 0 Å². The number of ketones is 1. The highest BCUT2D eigenvalue weighted by molar-refractivity contribution is 5.77. The van der Waals surface area contributed by atoms with Crippen molar-refractivity contribution in [3.8, 4) is 0 Å². The summed E-state index contributed by atoms with van der Waals surface area (Å²) in [5.41, 5.74) is 0.365. The van der Waals surface area contributed by atoms with Crippen molar-refractivity contribution in [3.05, 3.63) is 0 Å². The Morgan fingerprint density at radius 3 is 2.09 bits per heavy atom. The highest BCUT2D eigenvalue weighted by Gasteiger charge is 2.14. The number of carbonyl (C=O) groups is 1. The first-order valence-corrected chi connectivity index (χ1v) is 4.33. The van der Waals surface area contributed by atoms with Gasteiger partial charge in [0.1, 0.15) is 5.78 Å². The summed E-state index contributed by atoms with van der Waals surface area (Å²) in [5.74, 6) is 0.559. The maximum absolute atomic E-state index is 10.9. The average Bonchev–Trinajstić information content (AvgIpc) is 1.80. The third-order valence-corrected chi connectivity index (χ3v) is 2.02. The molecule has 1 nitrogen and oxygen atoms in total. The fraction of sp³-hybridized carbons (Fsp3) is 0.900. The van der Waals surface area contributed by atoms with Crippen molar-refractivity contribution in [1.82, 2.24) is 0 Å². The third-order valence-electron chi connectivity index (χ3n) is 2.02. The van der Waals surface area contributed by atoms with Crippen LogP contribution in [0.1, 0.15) is 47.5 Å². The minimum Gasteiger partial charge on any atom is -0.300 e. The van der Waals surface area contributed by atoms with Gasteiger partial charge in [-0.3, -0.25) is 4.79 Å². The summed E-state index contributed by atoms with van der Waals surface area (Å²) in [6, 6.07) is 0. The molecule has 0 aliphatic heterocycles. The van der Waals surface area contributed by atoms with E-state index >= 15 is 0 Å². The van der Waals surface area contributed by atoms with Crippen LogP contribution in [0.3, 0.4) is 0 Å². The summed E-state index contributed by atoms with van der Waals surface area (Å²) in [5, 5.41) is 0. The van der Waals surface area contributed by atoms with E-state index in [2.05, 4.69) is 20.8 Å². The smallest absolute Gasteiger partial charge is 0.132 e. The maximum Gasteiger partial charge on any atom is 0.132 e. The third kappa shape index (κ3) is 6.08. The molecule has 0 bridgehead atoms. The second-order valence-electron chi connectivity index (χ2n) is 4.61. The quantitative estimate of drug-likeness (QED) is 0.614. The van der Waals surface area contributed by atoms with Crippen molar-refractivity contribution in [1.29, 1.82) is 0 Å². The van der Waals surface area contributed by atoms with Crippen molar-refractivity contribution in [2.24, 2.45) is 11.3 Å². The SMILES string of the molecule is CC(=O)[C@@H](C)CCC(C)(C)C. The van der Waals surface area contributed by atoms with E-state index in [1.165, 1.54) is 0 Å². The zero-order valence-corrected chi connectivity index (χ0v) is 8.40. The molecular formula is C10H20O. The van der Waals surface area contributed by atoms with Gasteiger partial charge in [-0.1, -0.05) is 27.7 Å². The van der Waals surface area contributed by atoms with E-state index in [-0.39, 0.29) is 5.92 Å². The van der Waals surface area contributed by atoms with E-state index in [1.807, 2.05) is 6.92 Å². The van der Waals surface area contributed by atoms with Gasteiger partial charge in [-0.25, -0.2) is 0 Å². The Bertz CT molecular complexity index is 130. The van der Waals surface area contributed by atoms with Gasteiger partial charge in [-0.15, -0.1) is 0 Å². The topological polar surface area (TPSA) is 17.1 Å². The molecule has 0 aliphatic carbocycles. The molecule has 0 unspecified atom stereocenters. The molecule has 0 saturated heterocycles. The Balaban J connectivity index is 3.63. The first kappa shape index (κ1) is 10.7. The highest BCUT2D eigenvalue weighted by atomic mass is 16.1. The molecule has 11 heavy (non-hydrogen) atoms. The second-order valence-corrected chi connectivity index (χ2v) is 4.61. The highest BCUT2D eigenvalue weighted by Crippen LogP contribution is 2.23. The molecule has 0 N–H and O–H groups in total. The second kappa shape index (κ2) is 3.89. The first-order valence-electron chi connectivity index (χ1n) is 4.33. The number of Topliss-reactive ketones (excluding diaryl/α,β-unsaturated/α-hetero) is 1. The molecule has 66 valence electrons. The summed E-state index contributed by atoms with van der Waals surface area (Å²) in [4.78, 5) is 10.9. The fourth-order valence-electron chi connectivity index (χ4n) is 0.853. The van der Waals surface area contributed by atoms with Gasteiger partial charge in [-0.2, -0.15) is 0 Å². The molecule has 0 aromatic rings. The van der Waals surface area contributed by atoms with Gasteiger partial charge in [-0.05, 0) is 25.2 Å². The molecule has 0 aliphatic rings. The first-order chi connectivity index (χ1) is 4.83. The van der Waals surface area contributed by atoms with Gasteiger partial charge in [0.2, 0.25) is 0 Å². The molecule has 0 amide bonds. The lowest BCUT2D eigenvalue weighted by Gasteiger charge is -2.19. The van der Waals surface area contributed by atoms with Crippen LogP contribution in [-0.4, -0.2) is 5.78 Å². The van der Waals surface area contributed by atoms with E-state index in [0.717, 1.165) is 12.8 Å². The van der Waals surface area contributed by atoms with Crippen molar-refractivity contribution in [2.45, 2.75) is 47.5 Å². The van der Waals surface area contributed by atoms with Crippen molar-refractivity contribution >= 4 is 5.78 Å². The predicted molar refractivity (Wildman–Crippen MR) is 48.5 cm³/mol. The summed E-state index contributed by atoms with van der Waals surface area (Å²) in [6.45, 7) is 10.3. The van der Waals surface area contributed by atoms with Gasteiger partial charge in [0.05, 0.1) is 0 Å². The van der Waals surface area contributed by atoms with Crippen LogP contribution in [0.4, 0.5) is 0 Å². The van der Waals surface area contributed by atoms with Gasteiger partial charge in [0, 0.05) is 5.92 Å². The van der Waals surface area contributed by atoms with E-state index in [0.29, 0.717) is 11.2 Å². The molecule has 0 rings (SSSR count). The van der Waals surface area contributed by atoms with Crippen molar-refractivity contribution in [2.75, 3.05) is 0 Å². The minimum absolute atomic E-state index is 0.245. The number of carbonyl (C=O) groups excluding carboxylic acids is 1. The number of rotatable bonds is 3. The fourth-order valence-corrected chi connectivity index (χ4v) is 0.853. The lowest BCUT2D eigenvalue weighted by atomic mass is 9.86. The van der Waals surface area contributed by atoms with Gasteiger partial charge >= 0.3 is 0 Å². The molecule has 1 atom stereocenters. The molecular weight excluding hydrogens is 136 g/mol. The van der Waals surface area contributed by atoms with Crippen LogP contribution in [0.15, 0.2) is 0 Å². The Kier molecular flexibility index (Phi) is 3.77. The van der Waals surface area contributed by atoms with E-state index in [9.17, 15) is 4.79 Å². The number of hydrogen-bond donors (Lipinski definition) is 0. The summed E-state index contributed by atoms with van der Waals surface area (Å²) < 4.78 is 0. The standard InChI is InChI=1S/C10H20O/c1-8(9(2)11)6-7-10(3,4)5/h8H,6-7H2,1-5H3/t8-/m0/s1. The molecule has 0 fully saturated rings. The Morgan fingerprint density at radius 2 is 1.82 bits per heavy atom. The van der Waals surface area contributed by atoms with Crippen LogP contribution >= 0.6 is 0 Å². The molecule has 0 radical (unpaired) electrons. The van der Waals surface area contributed by atoms with Crippen LogP contribution in [0, 0.1) is 11.3 Å². The lowest BCUT2D eigenvalue weighted by molar-refractivity contribution is -0.120. The zero-order chi connectivity index (χ0) is 9.07. The van der Waals surface area contributed by atoms with Crippen LogP contribution in [-0.2, 0) is 4.79 Å².